The Morgan fingerprint density at radius 2 is 2.20 bits per heavy atom. The number of rotatable bonds is 6. The molecule has 1 saturated carbocycles. The predicted octanol–water partition coefficient (Wildman–Crippen LogP) is 2.93. The molecule has 0 heterocycles. The standard InChI is InChI=1S/C17H22FNO/c1-2-10-19(16-8-9-16)13-15-7-6-14(12-17(15)18)5-3-4-11-20/h6-7,12,16,20H,2,4,8-11,13H2,1H3. The van der Waals surface area contributed by atoms with Gasteiger partial charge in [-0.25, -0.2) is 4.39 Å². The lowest BCUT2D eigenvalue weighted by Crippen LogP contribution is -2.26. The Hall–Kier alpha value is -1.37. The van der Waals surface area contributed by atoms with Crippen LogP contribution in [-0.4, -0.2) is 29.2 Å². The van der Waals surface area contributed by atoms with Gasteiger partial charge in [0.05, 0.1) is 6.61 Å². The van der Waals surface area contributed by atoms with Gasteiger partial charge in [0.15, 0.2) is 0 Å². The van der Waals surface area contributed by atoms with Gasteiger partial charge in [-0.1, -0.05) is 24.8 Å². The molecular formula is C17H22FNO. The Morgan fingerprint density at radius 1 is 1.40 bits per heavy atom. The molecule has 0 bridgehead atoms. The molecule has 0 aliphatic heterocycles. The summed E-state index contributed by atoms with van der Waals surface area (Å²) in [5.41, 5.74) is 1.42. The maximum Gasteiger partial charge on any atom is 0.128 e. The van der Waals surface area contributed by atoms with E-state index in [0.717, 1.165) is 18.5 Å². The van der Waals surface area contributed by atoms with E-state index in [1.165, 1.54) is 18.9 Å². The number of hydrogen-bond acceptors (Lipinski definition) is 2. The predicted molar refractivity (Wildman–Crippen MR) is 78.7 cm³/mol. The summed E-state index contributed by atoms with van der Waals surface area (Å²) in [7, 11) is 0. The second-order valence-electron chi connectivity index (χ2n) is 5.28. The molecule has 0 aromatic heterocycles. The van der Waals surface area contributed by atoms with E-state index in [4.69, 9.17) is 5.11 Å². The Morgan fingerprint density at radius 3 is 2.80 bits per heavy atom. The molecule has 1 aliphatic rings. The topological polar surface area (TPSA) is 23.5 Å². The number of halogens is 1. The molecule has 0 unspecified atom stereocenters. The molecule has 108 valence electrons. The highest BCUT2D eigenvalue weighted by molar-refractivity contribution is 5.37. The smallest absolute Gasteiger partial charge is 0.128 e. The third kappa shape index (κ3) is 4.33. The fraction of sp³-hybridized carbons (Fsp3) is 0.529. The highest BCUT2D eigenvalue weighted by Crippen LogP contribution is 2.28. The zero-order chi connectivity index (χ0) is 14.4. The Bertz CT molecular complexity index is 499. The van der Waals surface area contributed by atoms with Crippen LogP contribution in [0.2, 0.25) is 0 Å². The first-order valence-corrected chi connectivity index (χ1v) is 7.36. The SMILES string of the molecule is CCCN(Cc1ccc(C#CCCO)cc1F)C1CC1. The largest absolute Gasteiger partial charge is 0.395 e. The van der Waals surface area contributed by atoms with Crippen LogP contribution in [0.1, 0.15) is 43.7 Å². The van der Waals surface area contributed by atoms with Gasteiger partial charge in [0.25, 0.3) is 0 Å². The number of aliphatic hydroxyl groups excluding tert-OH is 1. The monoisotopic (exact) mass is 275 g/mol. The van der Waals surface area contributed by atoms with Crippen LogP contribution in [0.25, 0.3) is 0 Å². The normalized spacial score (nSPS) is 14.2. The second-order valence-corrected chi connectivity index (χ2v) is 5.28. The molecule has 2 rings (SSSR count). The van der Waals surface area contributed by atoms with Gasteiger partial charge in [-0.3, -0.25) is 4.90 Å². The minimum Gasteiger partial charge on any atom is -0.395 e. The van der Waals surface area contributed by atoms with Crippen molar-refractivity contribution in [2.75, 3.05) is 13.2 Å². The zero-order valence-electron chi connectivity index (χ0n) is 12.0. The van der Waals surface area contributed by atoms with Gasteiger partial charge in [0, 0.05) is 30.1 Å². The Kier molecular flexibility index (Phi) is 5.58. The van der Waals surface area contributed by atoms with E-state index in [1.54, 1.807) is 0 Å². The van der Waals surface area contributed by atoms with Gasteiger partial charge < -0.3 is 5.11 Å². The molecule has 1 aromatic rings. The van der Waals surface area contributed by atoms with Crippen molar-refractivity contribution in [3.63, 3.8) is 0 Å². The Labute approximate surface area is 120 Å². The fourth-order valence-electron chi connectivity index (χ4n) is 2.31. The van der Waals surface area contributed by atoms with E-state index < -0.39 is 0 Å². The van der Waals surface area contributed by atoms with Crippen LogP contribution >= 0.6 is 0 Å². The lowest BCUT2D eigenvalue weighted by atomic mass is 10.1. The molecule has 0 saturated heterocycles. The highest BCUT2D eigenvalue weighted by atomic mass is 19.1. The van der Waals surface area contributed by atoms with Gasteiger partial charge in [0.2, 0.25) is 0 Å². The molecule has 1 N–H and O–H groups in total. The quantitative estimate of drug-likeness (QED) is 0.807. The first-order valence-electron chi connectivity index (χ1n) is 7.36. The summed E-state index contributed by atoms with van der Waals surface area (Å²) in [6.45, 7) is 3.92. The molecule has 3 heteroatoms. The average Bonchev–Trinajstić information content (AvgIpc) is 3.25. The van der Waals surface area contributed by atoms with E-state index in [0.29, 0.717) is 24.6 Å². The molecule has 20 heavy (non-hydrogen) atoms. The third-order valence-corrected chi connectivity index (χ3v) is 3.47. The molecule has 1 aromatic carbocycles. The van der Waals surface area contributed by atoms with E-state index in [9.17, 15) is 4.39 Å². The first kappa shape index (κ1) is 15.0. The van der Waals surface area contributed by atoms with Gasteiger partial charge in [-0.15, -0.1) is 0 Å². The molecular weight excluding hydrogens is 253 g/mol. The van der Waals surface area contributed by atoms with Crippen molar-refractivity contribution >= 4 is 0 Å². The van der Waals surface area contributed by atoms with Gasteiger partial charge in [-0.05, 0) is 37.9 Å². The number of nitrogens with zero attached hydrogens (tertiary/aromatic N) is 1. The van der Waals surface area contributed by atoms with Crippen LogP contribution in [0, 0.1) is 17.7 Å². The van der Waals surface area contributed by atoms with Crippen LogP contribution < -0.4 is 0 Å². The zero-order valence-corrected chi connectivity index (χ0v) is 12.0. The van der Waals surface area contributed by atoms with Crippen molar-refractivity contribution in [3.8, 4) is 11.8 Å². The third-order valence-electron chi connectivity index (χ3n) is 3.47. The summed E-state index contributed by atoms with van der Waals surface area (Å²) in [6.07, 6.45) is 4.01. The number of benzene rings is 1. The van der Waals surface area contributed by atoms with Crippen LogP contribution in [0.4, 0.5) is 4.39 Å². The van der Waals surface area contributed by atoms with E-state index in [2.05, 4.69) is 23.7 Å². The Balaban J connectivity index is 2.03. The van der Waals surface area contributed by atoms with E-state index in [1.807, 2.05) is 12.1 Å². The van der Waals surface area contributed by atoms with E-state index >= 15 is 0 Å². The lowest BCUT2D eigenvalue weighted by Gasteiger charge is -2.21. The van der Waals surface area contributed by atoms with Crippen molar-refractivity contribution < 1.29 is 9.50 Å². The average molecular weight is 275 g/mol. The summed E-state index contributed by atoms with van der Waals surface area (Å²) >= 11 is 0. The van der Waals surface area contributed by atoms with Crippen molar-refractivity contribution in [2.24, 2.45) is 0 Å². The highest BCUT2D eigenvalue weighted by Gasteiger charge is 2.28. The molecule has 0 spiro atoms. The van der Waals surface area contributed by atoms with Crippen LogP contribution in [0.3, 0.4) is 0 Å². The molecule has 2 nitrogen and oxygen atoms in total. The van der Waals surface area contributed by atoms with Gasteiger partial charge in [-0.2, -0.15) is 0 Å². The lowest BCUT2D eigenvalue weighted by molar-refractivity contribution is 0.252. The maximum atomic E-state index is 14.1. The van der Waals surface area contributed by atoms with Gasteiger partial charge in [0.1, 0.15) is 5.82 Å². The molecule has 0 atom stereocenters. The molecule has 1 fully saturated rings. The summed E-state index contributed by atoms with van der Waals surface area (Å²) in [4.78, 5) is 2.37. The summed E-state index contributed by atoms with van der Waals surface area (Å²) < 4.78 is 14.1. The van der Waals surface area contributed by atoms with Crippen LogP contribution in [0.5, 0.6) is 0 Å². The molecule has 0 radical (unpaired) electrons. The number of hydrogen-bond donors (Lipinski definition) is 1. The van der Waals surface area contributed by atoms with E-state index in [-0.39, 0.29) is 12.4 Å². The van der Waals surface area contributed by atoms with Crippen molar-refractivity contribution in [1.29, 1.82) is 0 Å². The van der Waals surface area contributed by atoms with Crippen LogP contribution in [0.15, 0.2) is 18.2 Å². The molecule has 0 amide bonds. The minimum atomic E-state index is -0.178. The van der Waals surface area contributed by atoms with Crippen molar-refractivity contribution in [3.05, 3.63) is 35.1 Å². The number of aliphatic hydroxyl groups is 1. The van der Waals surface area contributed by atoms with Gasteiger partial charge >= 0.3 is 0 Å². The van der Waals surface area contributed by atoms with Crippen molar-refractivity contribution in [1.82, 2.24) is 4.90 Å². The second kappa shape index (κ2) is 7.42. The minimum absolute atomic E-state index is 0.0426. The summed E-state index contributed by atoms with van der Waals surface area (Å²) in [5.74, 6) is 5.50. The maximum absolute atomic E-state index is 14.1. The van der Waals surface area contributed by atoms with Crippen LogP contribution in [-0.2, 0) is 6.54 Å². The van der Waals surface area contributed by atoms with Crippen molar-refractivity contribution in [2.45, 2.75) is 45.2 Å². The fourth-order valence-corrected chi connectivity index (χ4v) is 2.31. The first-order chi connectivity index (χ1) is 9.74. The molecule has 1 aliphatic carbocycles. The summed E-state index contributed by atoms with van der Waals surface area (Å²) in [5, 5.41) is 8.67. The summed E-state index contributed by atoms with van der Waals surface area (Å²) in [6, 6.07) is 5.85.